The monoisotopic (exact) mass is 250 g/mol. The van der Waals surface area contributed by atoms with Gasteiger partial charge in [0.1, 0.15) is 17.1 Å². The first-order valence-electron chi connectivity index (χ1n) is 6.51. The van der Waals surface area contributed by atoms with Gasteiger partial charge in [0.25, 0.3) is 0 Å². The molecule has 3 heteroatoms. The Hall–Kier alpha value is -1.22. The van der Waals surface area contributed by atoms with E-state index < -0.39 is 6.10 Å². The van der Waals surface area contributed by atoms with E-state index in [0.717, 1.165) is 17.1 Å². The summed E-state index contributed by atoms with van der Waals surface area (Å²) in [6.45, 7) is 8.88. The van der Waals surface area contributed by atoms with Crippen molar-refractivity contribution in [2.45, 2.75) is 45.8 Å². The SMILES string of the molecule is CC(C)COc1ccc2c(c1)OC(C)(C)CC2O. The molecule has 3 nitrogen and oxygen atoms in total. The van der Waals surface area contributed by atoms with Crippen LogP contribution in [0.25, 0.3) is 0 Å². The van der Waals surface area contributed by atoms with Crippen LogP contribution in [0.2, 0.25) is 0 Å². The highest BCUT2D eigenvalue weighted by Crippen LogP contribution is 2.41. The summed E-state index contributed by atoms with van der Waals surface area (Å²) in [5.41, 5.74) is 0.523. The molecule has 1 aliphatic rings. The molecule has 1 N–H and O–H groups in total. The minimum absolute atomic E-state index is 0.330. The molecule has 2 rings (SSSR count). The van der Waals surface area contributed by atoms with Gasteiger partial charge in [-0.25, -0.2) is 0 Å². The fraction of sp³-hybridized carbons (Fsp3) is 0.600. The van der Waals surface area contributed by atoms with Crippen LogP contribution in [0.5, 0.6) is 11.5 Å². The van der Waals surface area contributed by atoms with Crippen molar-refractivity contribution in [2.75, 3.05) is 6.61 Å². The molecule has 1 aromatic rings. The van der Waals surface area contributed by atoms with E-state index in [2.05, 4.69) is 13.8 Å². The van der Waals surface area contributed by atoms with Crippen LogP contribution in [-0.2, 0) is 0 Å². The van der Waals surface area contributed by atoms with Crippen molar-refractivity contribution in [3.05, 3.63) is 23.8 Å². The lowest BCUT2D eigenvalue weighted by Gasteiger charge is -2.35. The molecule has 0 aromatic heterocycles. The van der Waals surface area contributed by atoms with E-state index in [1.54, 1.807) is 0 Å². The standard InChI is InChI=1S/C15H22O3/c1-10(2)9-17-11-5-6-12-13(16)8-15(3,4)18-14(12)7-11/h5-7,10,13,16H,8-9H2,1-4H3. The highest BCUT2D eigenvalue weighted by molar-refractivity contribution is 5.43. The predicted molar refractivity (Wildman–Crippen MR) is 71.1 cm³/mol. The van der Waals surface area contributed by atoms with Gasteiger partial charge in [0.15, 0.2) is 0 Å². The molecular weight excluding hydrogens is 228 g/mol. The topological polar surface area (TPSA) is 38.7 Å². The molecule has 1 unspecified atom stereocenters. The lowest BCUT2D eigenvalue weighted by molar-refractivity contribution is 0.0113. The average molecular weight is 250 g/mol. The Labute approximate surface area is 109 Å². The number of aliphatic hydroxyl groups excluding tert-OH is 1. The second kappa shape index (κ2) is 4.81. The molecule has 1 aliphatic heterocycles. The molecule has 0 radical (unpaired) electrons. The van der Waals surface area contributed by atoms with Crippen LogP contribution in [0.3, 0.4) is 0 Å². The second-order valence-corrected chi connectivity index (χ2v) is 5.99. The molecule has 0 aliphatic carbocycles. The number of aliphatic hydroxyl groups is 1. The van der Waals surface area contributed by atoms with E-state index in [-0.39, 0.29) is 5.60 Å². The molecule has 0 saturated carbocycles. The van der Waals surface area contributed by atoms with Crippen LogP contribution in [0, 0.1) is 5.92 Å². The van der Waals surface area contributed by atoms with Gasteiger partial charge in [0.2, 0.25) is 0 Å². The van der Waals surface area contributed by atoms with Crippen LogP contribution in [-0.4, -0.2) is 17.3 Å². The van der Waals surface area contributed by atoms with Crippen LogP contribution in [0.1, 0.15) is 45.8 Å². The maximum Gasteiger partial charge on any atom is 0.129 e. The zero-order chi connectivity index (χ0) is 13.3. The van der Waals surface area contributed by atoms with Gasteiger partial charge in [-0.05, 0) is 31.9 Å². The van der Waals surface area contributed by atoms with Crippen molar-refractivity contribution in [3.8, 4) is 11.5 Å². The number of hydrogen-bond acceptors (Lipinski definition) is 3. The van der Waals surface area contributed by atoms with Gasteiger partial charge in [-0.2, -0.15) is 0 Å². The van der Waals surface area contributed by atoms with Gasteiger partial charge >= 0.3 is 0 Å². The molecular formula is C15H22O3. The van der Waals surface area contributed by atoms with Crippen molar-refractivity contribution in [1.82, 2.24) is 0 Å². The van der Waals surface area contributed by atoms with Gasteiger partial charge in [0.05, 0.1) is 12.7 Å². The molecule has 0 fully saturated rings. The largest absolute Gasteiger partial charge is 0.493 e. The van der Waals surface area contributed by atoms with Gasteiger partial charge in [-0.1, -0.05) is 13.8 Å². The Morgan fingerprint density at radius 1 is 1.44 bits per heavy atom. The average Bonchev–Trinajstić information content (AvgIpc) is 2.24. The van der Waals surface area contributed by atoms with E-state index >= 15 is 0 Å². The first kappa shape index (κ1) is 13.2. The number of fused-ring (bicyclic) bond motifs is 1. The van der Waals surface area contributed by atoms with E-state index in [0.29, 0.717) is 18.9 Å². The number of benzene rings is 1. The summed E-state index contributed by atoms with van der Waals surface area (Å²) >= 11 is 0. The zero-order valence-corrected chi connectivity index (χ0v) is 11.6. The third-order valence-corrected chi connectivity index (χ3v) is 3.00. The summed E-state index contributed by atoms with van der Waals surface area (Å²) in [7, 11) is 0. The zero-order valence-electron chi connectivity index (χ0n) is 11.6. The molecule has 1 atom stereocenters. The molecule has 1 aromatic carbocycles. The highest BCUT2D eigenvalue weighted by Gasteiger charge is 2.32. The fourth-order valence-electron chi connectivity index (χ4n) is 2.15. The van der Waals surface area contributed by atoms with Gasteiger partial charge in [-0.3, -0.25) is 0 Å². The molecule has 1 heterocycles. The summed E-state index contributed by atoms with van der Waals surface area (Å²) in [6.07, 6.45) is 0.162. The van der Waals surface area contributed by atoms with Crippen molar-refractivity contribution in [3.63, 3.8) is 0 Å². The normalized spacial score (nSPS) is 21.3. The Balaban J connectivity index is 2.20. The lowest BCUT2D eigenvalue weighted by Crippen LogP contribution is -2.34. The highest BCUT2D eigenvalue weighted by atomic mass is 16.5. The quantitative estimate of drug-likeness (QED) is 0.894. The van der Waals surface area contributed by atoms with Gasteiger partial charge in [0, 0.05) is 18.1 Å². The third-order valence-electron chi connectivity index (χ3n) is 3.00. The molecule has 0 spiro atoms. The minimum atomic E-state index is -0.456. The van der Waals surface area contributed by atoms with E-state index in [1.807, 2.05) is 32.0 Å². The maximum atomic E-state index is 10.1. The van der Waals surface area contributed by atoms with Crippen LogP contribution < -0.4 is 9.47 Å². The Morgan fingerprint density at radius 3 is 2.83 bits per heavy atom. The lowest BCUT2D eigenvalue weighted by atomic mass is 9.92. The van der Waals surface area contributed by atoms with E-state index in [9.17, 15) is 5.11 Å². The summed E-state index contributed by atoms with van der Waals surface area (Å²) in [4.78, 5) is 0. The Bertz CT molecular complexity index is 424. The first-order valence-corrected chi connectivity index (χ1v) is 6.51. The summed E-state index contributed by atoms with van der Waals surface area (Å²) in [6, 6.07) is 5.67. The molecule has 100 valence electrons. The number of rotatable bonds is 3. The van der Waals surface area contributed by atoms with Crippen molar-refractivity contribution in [2.24, 2.45) is 5.92 Å². The molecule has 0 saturated heterocycles. The van der Waals surface area contributed by atoms with Crippen LogP contribution in [0.15, 0.2) is 18.2 Å². The van der Waals surface area contributed by atoms with Crippen molar-refractivity contribution < 1.29 is 14.6 Å². The summed E-state index contributed by atoms with van der Waals surface area (Å²) in [5.74, 6) is 2.02. The Kier molecular flexibility index (Phi) is 3.53. The van der Waals surface area contributed by atoms with Crippen molar-refractivity contribution in [1.29, 1.82) is 0 Å². The molecule has 0 bridgehead atoms. The van der Waals surface area contributed by atoms with E-state index in [4.69, 9.17) is 9.47 Å². The first-order chi connectivity index (χ1) is 8.37. The van der Waals surface area contributed by atoms with Gasteiger partial charge < -0.3 is 14.6 Å². The minimum Gasteiger partial charge on any atom is -0.493 e. The van der Waals surface area contributed by atoms with Crippen LogP contribution >= 0.6 is 0 Å². The molecule has 18 heavy (non-hydrogen) atoms. The molecule has 0 amide bonds. The van der Waals surface area contributed by atoms with E-state index in [1.165, 1.54) is 0 Å². The summed E-state index contributed by atoms with van der Waals surface area (Å²) in [5, 5.41) is 10.1. The predicted octanol–water partition coefficient (Wildman–Crippen LogP) is 3.32. The fourth-order valence-corrected chi connectivity index (χ4v) is 2.15. The third kappa shape index (κ3) is 2.96. The second-order valence-electron chi connectivity index (χ2n) is 5.99. The Morgan fingerprint density at radius 2 is 2.17 bits per heavy atom. The smallest absolute Gasteiger partial charge is 0.129 e. The van der Waals surface area contributed by atoms with Gasteiger partial charge in [-0.15, -0.1) is 0 Å². The maximum absolute atomic E-state index is 10.1. The van der Waals surface area contributed by atoms with Crippen LogP contribution in [0.4, 0.5) is 0 Å². The van der Waals surface area contributed by atoms with Crippen molar-refractivity contribution >= 4 is 0 Å². The number of hydrogen-bond donors (Lipinski definition) is 1. The summed E-state index contributed by atoms with van der Waals surface area (Å²) < 4.78 is 11.6. The number of ether oxygens (including phenoxy) is 2.